The van der Waals surface area contributed by atoms with Crippen molar-refractivity contribution in [2.45, 2.75) is 31.8 Å². The Morgan fingerprint density at radius 2 is 1.79 bits per heavy atom. The summed E-state index contributed by atoms with van der Waals surface area (Å²) in [5.74, 6) is 0.674. The third-order valence-electron chi connectivity index (χ3n) is 5.90. The molecule has 3 aliphatic heterocycles. The largest absolute Gasteiger partial charge is 0.346 e. The monoisotopic (exact) mass is 323 g/mol. The fourth-order valence-corrected chi connectivity index (χ4v) is 4.41. The molecule has 3 saturated heterocycles. The zero-order valence-corrected chi connectivity index (χ0v) is 14.4. The molecule has 126 valence electrons. The smallest absolute Gasteiger partial charge is 0.268 e. The Morgan fingerprint density at radius 1 is 1.08 bits per heavy atom. The molecule has 0 unspecified atom stereocenters. The van der Waals surface area contributed by atoms with Crippen molar-refractivity contribution in [1.29, 1.82) is 0 Å². The van der Waals surface area contributed by atoms with Gasteiger partial charge in [-0.1, -0.05) is 30.3 Å². The molecule has 4 nitrogen and oxygen atoms in total. The molecule has 4 heteroatoms. The molecule has 2 aromatic rings. The average molecular weight is 323 g/mol. The molecule has 1 aromatic heterocycles. The van der Waals surface area contributed by atoms with Gasteiger partial charge in [0.05, 0.1) is 0 Å². The van der Waals surface area contributed by atoms with Gasteiger partial charge in [-0.3, -0.25) is 9.69 Å². The summed E-state index contributed by atoms with van der Waals surface area (Å²) in [6.07, 6.45) is 2.41. The van der Waals surface area contributed by atoms with Gasteiger partial charge in [0.1, 0.15) is 5.69 Å². The van der Waals surface area contributed by atoms with E-state index in [1.54, 1.807) is 0 Å². The number of rotatable bonds is 3. The van der Waals surface area contributed by atoms with E-state index >= 15 is 0 Å². The van der Waals surface area contributed by atoms with Crippen LogP contribution in [0.15, 0.2) is 42.5 Å². The van der Waals surface area contributed by atoms with Gasteiger partial charge in [-0.05, 0) is 56.5 Å². The van der Waals surface area contributed by atoms with E-state index in [1.165, 1.54) is 25.9 Å². The summed E-state index contributed by atoms with van der Waals surface area (Å²) >= 11 is 0. The predicted octanol–water partition coefficient (Wildman–Crippen LogP) is 2.90. The van der Waals surface area contributed by atoms with E-state index in [0.717, 1.165) is 17.0 Å². The second-order valence-corrected chi connectivity index (χ2v) is 7.14. The number of hydrogen-bond donors (Lipinski definition) is 1. The molecule has 0 saturated carbocycles. The second kappa shape index (κ2) is 6.10. The molecule has 2 bridgehead atoms. The molecule has 2 atom stereocenters. The van der Waals surface area contributed by atoms with Crippen molar-refractivity contribution in [2.75, 3.05) is 13.1 Å². The van der Waals surface area contributed by atoms with E-state index in [0.29, 0.717) is 12.0 Å². The fourth-order valence-electron chi connectivity index (χ4n) is 4.41. The van der Waals surface area contributed by atoms with Crippen molar-refractivity contribution in [3.8, 4) is 11.3 Å². The highest BCUT2D eigenvalue weighted by atomic mass is 16.2. The highest BCUT2D eigenvalue weighted by Gasteiger charge is 2.40. The van der Waals surface area contributed by atoms with Gasteiger partial charge >= 0.3 is 0 Å². The van der Waals surface area contributed by atoms with E-state index in [1.807, 2.05) is 41.9 Å². The lowest BCUT2D eigenvalue weighted by Gasteiger charge is -2.49. The van der Waals surface area contributed by atoms with Crippen LogP contribution in [0.3, 0.4) is 0 Å². The van der Waals surface area contributed by atoms with Gasteiger partial charge in [-0.2, -0.15) is 0 Å². The van der Waals surface area contributed by atoms with Crippen molar-refractivity contribution in [3.63, 3.8) is 0 Å². The summed E-state index contributed by atoms with van der Waals surface area (Å²) in [4.78, 5) is 15.4. The van der Waals surface area contributed by atoms with Gasteiger partial charge in [0.15, 0.2) is 0 Å². The Balaban J connectivity index is 1.54. The Bertz CT molecular complexity index is 727. The predicted molar refractivity (Wildman–Crippen MR) is 95.9 cm³/mol. The number of nitrogens with one attached hydrogen (secondary N) is 1. The Morgan fingerprint density at radius 3 is 2.46 bits per heavy atom. The van der Waals surface area contributed by atoms with E-state index in [2.05, 4.69) is 29.3 Å². The molecule has 3 aliphatic rings. The number of hydrogen-bond acceptors (Lipinski definition) is 2. The maximum atomic E-state index is 12.8. The number of carbonyl (C=O) groups excluding carboxylic acids is 1. The second-order valence-electron chi connectivity index (χ2n) is 7.14. The van der Waals surface area contributed by atoms with Gasteiger partial charge in [0.25, 0.3) is 5.91 Å². The number of amides is 1. The molecule has 1 amide bonds. The topological polar surface area (TPSA) is 37.3 Å². The van der Waals surface area contributed by atoms with E-state index < -0.39 is 0 Å². The maximum absolute atomic E-state index is 12.8. The van der Waals surface area contributed by atoms with Gasteiger partial charge in [-0.25, -0.2) is 0 Å². The maximum Gasteiger partial charge on any atom is 0.268 e. The molecule has 0 spiro atoms. The Kier molecular flexibility index (Phi) is 3.93. The molecule has 0 radical (unpaired) electrons. The van der Waals surface area contributed by atoms with Crippen LogP contribution in [0.1, 0.15) is 30.3 Å². The Hall–Kier alpha value is -2.07. The van der Waals surface area contributed by atoms with Crippen LogP contribution in [0.2, 0.25) is 0 Å². The Labute approximate surface area is 143 Å². The quantitative estimate of drug-likeness (QED) is 0.943. The van der Waals surface area contributed by atoms with Gasteiger partial charge in [0.2, 0.25) is 0 Å². The summed E-state index contributed by atoms with van der Waals surface area (Å²) < 4.78 is 2.00. The SMILES string of the molecule is C[C@H]1[C@H](NC(=O)c2ccc(-c3ccccc3)n2C)C2CCN1CC2. The van der Waals surface area contributed by atoms with E-state index in [9.17, 15) is 4.79 Å². The number of fused-ring (bicyclic) bond motifs is 3. The minimum atomic E-state index is 0.0466. The zero-order valence-electron chi connectivity index (χ0n) is 14.4. The minimum absolute atomic E-state index is 0.0466. The number of carbonyl (C=O) groups is 1. The summed E-state index contributed by atoms with van der Waals surface area (Å²) in [5, 5.41) is 3.32. The lowest BCUT2D eigenvalue weighted by atomic mass is 9.79. The molecule has 1 N–H and O–H groups in total. The van der Waals surface area contributed by atoms with Crippen LogP contribution in [-0.4, -0.2) is 40.5 Å². The van der Waals surface area contributed by atoms with Gasteiger partial charge < -0.3 is 9.88 Å². The summed E-state index contributed by atoms with van der Waals surface area (Å²) in [6, 6.07) is 14.9. The van der Waals surface area contributed by atoms with Crippen molar-refractivity contribution >= 4 is 5.91 Å². The third-order valence-corrected chi connectivity index (χ3v) is 5.90. The van der Waals surface area contributed by atoms with Crippen LogP contribution in [0, 0.1) is 5.92 Å². The molecule has 24 heavy (non-hydrogen) atoms. The van der Waals surface area contributed by atoms with Crippen LogP contribution in [-0.2, 0) is 7.05 Å². The number of piperidine rings is 3. The molecule has 1 aromatic carbocycles. The van der Waals surface area contributed by atoms with Crippen LogP contribution in [0.4, 0.5) is 0 Å². The van der Waals surface area contributed by atoms with Crippen LogP contribution < -0.4 is 5.32 Å². The first-order chi connectivity index (χ1) is 11.6. The number of nitrogens with zero attached hydrogens (tertiary/aromatic N) is 2. The van der Waals surface area contributed by atoms with Crippen LogP contribution in [0.5, 0.6) is 0 Å². The normalized spacial score (nSPS) is 28.8. The molecular formula is C20H25N3O. The lowest BCUT2D eigenvalue weighted by molar-refractivity contribution is 0.0215. The summed E-state index contributed by atoms with van der Waals surface area (Å²) in [7, 11) is 1.97. The zero-order chi connectivity index (χ0) is 16.7. The highest BCUT2D eigenvalue weighted by Crippen LogP contribution is 2.32. The first kappa shape index (κ1) is 15.5. The molecule has 4 heterocycles. The van der Waals surface area contributed by atoms with E-state index in [4.69, 9.17) is 0 Å². The molecule has 5 rings (SSSR count). The van der Waals surface area contributed by atoms with Crippen LogP contribution >= 0.6 is 0 Å². The van der Waals surface area contributed by atoms with Crippen molar-refractivity contribution in [1.82, 2.24) is 14.8 Å². The molecular weight excluding hydrogens is 298 g/mol. The lowest BCUT2D eigenvalue weighted by Crippen LogP contribution is -2.62. The highest BCUT2D eigenvalue weighted by molar-refractivity contribution is 5.94. The summed E-state index contributed by atoms with van der Waals surface area (Å²) in [5.41, 5.74) is 2.94. The van der Waals surface area contributed by atoms with E-state index in [-0.39, 0.29) is 11.9 Å². The van der Waals surface area contributed by atoms with Gasteiger partial charge in [0, 0.05) is 24.8 Å². The number of benzene rings is 1. The molecule has 0 aliphatic carbocycles. The standard InChI is InChI=1S/C20H25N3O/c1-14-19(16-10-12-23(14)13-11-16)21-20(24)18-9-8-17(22(18)2)15-6-4-3-5-7-15/h3-9,14,16,19H,10-13H2,1-2H3,(H,21,24)/t14-,19-/m0/s1. The minimum Gasteiger partial charge on any atom is -0.346 e. The van der Waals surface area contributed by atoms with Crippen LogP contribution in [0.25, 0.3) is 11.3 Å². The first-order valence-corrected chi connectivity index (χ1v) is 8.91. The third kappa shape index (κ3) is 2.55. The summed E-state index contributed by atoms with van der Waals surface area (Å²) in [6.45, 7) is 4.61. The van der Waals surface area contributed by atoms with Crippen molar-refractivity contribution in [2.24, 2.45) is 13.0 Å². The van der Waals surface area contributed by atoms with Gasteiger partial charge in [-0.15, -0.1) is 0 Å². The fraction of sp³-hybridized carbons (Fsp3) is 0.450. The van der Waals surface area contributed by atoms with Crippen molar-refractivity contribution < 1.29 is 4.79 Å². The first-order valence-electron chi connectivity index (χ1n) is 8.91. The average Bonchev–Trinajstić information content (AvgIpc) is 3.01. The molecule has 3 fully saturated rings. The number of aromatic nitrogens is 1. The van der Waals surface area contributed by atoms with Crippen molar-refractivity contribution in [3.05, 3.63) is 48.2 Å².